The molecule has 136 valence electrons. The van der Waals surface area contributed by atoms with Crippen LogP contribution in [0.25, 0.3) is 11.6 Å². The van der Waals surface area contributed by atoms with Crippen LogP contribution in [0.1, 0.15) is 35.0 Å². The third-order valence-corrected chi connectivity index (χ3v) is 7.06. The van der Waals surface area contributed by atoms with Crippen LogP contribution in [0.4, 0.5) is 5.69 Å². The SMILES string of the molecule is Cc1nn(C2CCS(=O)(=O)C2)c(C)c1/C=C1\C(=O)N(C)c2ccccc21. The normalized spacial score (nSPS) is 23.0. The zero-order valence-corrected chi connectivity index (χ0v) is 15.9. The summed E-state index contributed by atoms with van der Waals surface area (Å²) >= 11 is 0. The molecule has 3 heterocycles. The largest absolute Gasteiger partial charge is 0.311 e. The Labute approximate surface area is 153 Å². The van der Waals surface area contributed by atoms with Crippen molar-refractivity contribution in [1.29, 1.82) is 0 Å². The molecule has 2 aliphatic rings. The topological polar surface area (TPSA) is 72.3 Å². The second-order valence-corrected chi connectivity index (χ2v) is 9.25. The van der Waals surface area contributed by atoms with E-state index in [0.717, 1.165) is 28.2 Å². The van der Waals surface area contributed by atoms with E-state index in [0.29, 0.717) is 12.0 Å². The van der Waals surface area contributed by atoms with Gasteiger partial charge in [-0.05, 0) is 32.4 Å². The van der Waals surface area contributed by atoms with Crippen molar-refractivity contribution in [3.63, 3.8) is 0 Å². The summed E-state index contributed by atoms with van der Waals surface area (Å²) in [5, 5.41) is 4.58. The molecule has 0 bridgehead atoms. The van der Waals surface area contributed by atoms with Crippen LogP contribution < -0.4 is 4.90 Å². The van der Waals surface area contributed by atoms with Gasteiger partial charge < -0.3 is 4.90 Å². The number of fused-ring (bicyclic) bond motifs is 1. The quantitative estimate of drug-likeness (QED) is 0.760. The van der Waals surface area contributed by atoms with E-state index in [4.69, 9.17) is 0 Å². The van der Waals surface area contributed by atoms with Crippen LogP contribution >= 0.6 is 0 Å². The van der Waals surface area contributed by atoms with Gasteiger partial charge in [0, 0.05) is 29.4 Å². The molecule has 1 unspecified atom stereocenters. The van der Waals surface area contributed by atoms with Crippen molar-refractivity contribution < 1.29 is 13.2 Å². The highest BCUT2D eigenvalue weighted by atomic mass is 32.2. The van der Waals surface area contributed by atoms with Gasteiger partial charge in [0.05, 0.1) is 28.9 Å². The van der Waals surface area contributed by atoms with E-state index in [9.17, 15) is 13.2 Å². The lowest BCUT2D eigenvalue weighted by atomic mass is 10.0. The molecule has 1 aromatic carbocycles. The van der Waals surface area contributed by atoms with E-state index in [1.54, 1.807) is 11.9 Å². The van der Waals surface area contributed by atoms with Crippen LogP contribution in [0, 0.1) is 13.8 Å². The smallest absolute Gasteiger partial charge is 0.258 e. The predicted octanol–water partition coefficient (Wildman–Crippen LogP) is 2.38. The number of sulfone groups is 1. The van der Waals surface area contributed by atoms with Crippen molar-refractivity contribution in [3.05, 3.63) is 46.8 Å². The molecule has 0 N–H and O–H groups in total. The van der Waals surface area contributed by atoms with Gasteiger partial charge in [-0.2, -0.15) is 5.10 Å². The Hall–Kier alpha value is -2.41. The van der Waals surface area contributed by atoms with Crippen molar-refractivity contribution in [2.45, 2.75) is 26.3 Å². The van der Waals surface area contributed by atoms with Gasteiger partial charge in [0.1, 0.15) is 0 Å². The molecule has 1 saturated heterocycles. The number of aromatic nitrogens is 2. The number of para-hydroxylation sites is 1. The van der Waals surface area contributed by atoms with E-state index < -0.39 is 9.84 Å². The molecule has 1 atom stereocenters. The van der Waals surface area contributed by atoms with Gasteiger partial charge in [-0.1, -0.05) is 18.2 Å². The first-order chi connectivity index (χ1) is 12.3. The molecule has 0 saturated carbocycles. The minimum Gasteiger partial charge on any atom is -0.311 e. The van der Waals surface area contributed by atoms with Crippen LogP contribution in [0.3, 0.4) is 0 Å². The first-order valence-corrected chi connectivity index (χ1v) is 10.5. The van der Waals surface area contributed by atoms with Crippen molar-refractivity contribution in [2.24, 2.45) is 0 Å². The lowest BCUT2D eigenvalue weighted by molar-refractivity contribution is -0.112. The third kappa shape index (κ3) is 2.58. The summed E-state index contributed by atoms with van der Waals surface area (Å²) in [6.07, 6.45) is 2.48. The van der Waals surface area contributed by atoms with Gasteiger partial charge in [-0.15, -0.1) is 0 Å². The number of carbonyl (C=O) groups excluding carboxylic acids is 1. The Balaban J connectivity index is 1.78. The molecule has 0 aliphatic carbocycles. The van der Waals surface area contributed by atoms with Gasteiger partial charge in [-0.3, -0.25) is 9.48 Å². The molecule has 2 aromatic rings. The number of nitrogens with zero attached hydrogens (tertiary/aromatic N) is 3. The van der Waals surface area contributed by atoms with Crippen LogP contribution in [-0.4, -0.2) is 42.7 Å². The van der Waals surface area contributed by atoms with Gasteiger partial charge in [-0.25, -0.2) is 8.42 Å². The highest BCUT2D eigenvalue weighted by Gasteiger charge is 2.33. The minimum absolute atomic E-state index is 0.0406. The molecular weight excluding hydrogens is 350 g/mol. The number of aryl methyl sites for hydroxylation is 1. The van der Waals surface area contributed by atoms with E-state index in [2.05, 4.69) is 5.10 Å². The first kappa shape index (κ1) is 17.0. The lowest BCUT2D eigenvalue weighted by Gasteiger charge is -2.11. The summed E-state index contributed by atoms with van der Waals surface area (Å²) in [5.41, 5.74) is 5.05. The van der Waals surface area contributed by atoms with E-state index in [1.807, 2.05) is 48.9 Å². The van der Waals surface area contributed by atoms with Gasteiger partial charge in [0.25, 0.3) is 5.91 Å². The standard InChI is InChI=1S/C19H21N3O3S/c1-12-16(13(2)22(20-12)14-8-9-26(24,25)11-14)10-17-15-6-4-5-7-18(15)21(3)19(17)23/h4-7,10,14H,8-9,11H2,1-3H3/b17-10-. The number of amides is 1. The Kier molecular flexibility index (Phi) is 3.80. The zero-order chi connectivity index (χ0) is 18.6. The molecule has 1 fully saturated rings. The molecule has 2 aliphatic heterocycles. The average Bonchev–Trinajstić information content (AvgIpc) is 3.18. The number of anilines is 1. The summed E-state index contributed by atoms with van der Waals surface area (Å²) in [6, 6.07) is 7.59. The van der Waals surface area contributed by atoms with Gasteiger partial charge in [0.15, 0.2) is 9.84 Å². The summed E-state index contributed by atoms with van der Waals surface area (Å²) in [4.78, 5) is 14.3. The molecule has 6 nitrogen and oxygen atoms in total. The minimum atomic E-state index is -2.98. The summed E-state index contributed by atoms with van der Waals surface area (Å²) < 4.78 is 25.4. The van der Waals surface area contributed by atoms with E-state index in [-0.39, 0.29) is 23.5 Å². The number of likely N-dealkylation sites (N-methyl/N-ethyl adjacent to an activating group) is 1. The fourth-order valence-corrected chi connectivity index (χ4v) is 5.58. The molecule has 0 radical (unpaired) electrons. The maximum absolute atomic E-state index is 12.7. The average molecular weight is 371 g/mol. The van der Waals surface area contributed by atoms with Crippen molar-refractivity contribution in [3.8, 4) is 0 Å². The fraction of sp³-hybridized carbons (Fsp3) is 0.368. The summed E-state index contributed by atoms with van der Waals surface area (Å²) in [7, 11) is -1.21. The first-order valence-electron chi connectivity index (χ1n) is 8.64. The second kappa shape index (κ2) is 5.81. The van der Waals surface area contributed by atoms with Crippen molar-refractivity contribution in [2.75, 3.05) is 23.5 Å². The number of hydrogen-bond acceptors (Lipinski definition) is 4. The Bertz CT molecular complexity index is 1050. The summed E-state index contributed by atoms with van der Waals surface area (Å²) in [5.74, 6) is 0.305. The van der Waals surface area contributed by atoms with E-state index >= 15 is 0 Å². The maximum atomic E-state index is 12.7. The van der Waals surface area contributed by atoms with Crippen molar-refractivity contribution >= 4 is 33.1 Å². The van der Waals surface area contributed by atoms with E-state index in [1.165, 1.54) is 0 Å². The number of rotatable bonds is 2. The molecule has 1 amide bonds. The Morgan fingerprint density at radius 3 is 2.65 bits per heavy atom. The van der Waals surface area contributed by atoms with Crippen LogP contribution in [-0.2, 0) is 14.6 Å². The van der Waals surface area contributed by atoms with Crippen LogP contribution in [0.5, 0.6) is 0 Å². The second-order valence-electron chi connectivity index (χ2n) is 7.03. The Morgan fingerprint density at radius 2 is 1.96 bits per heavy atom. The highest BCUT2D eigenvalue weighted by molar-refractivity contribution is 7.91. The number of benzene rings is 1. The molecule has 4 rings (SSSR count). The molecule has 1 aromatic heterocycles. The molecular formula is C19H21N3O3S. The predicted molar refractivity (Wildman–Crippen MR) is 102 cm³/mol. The van der Waals surface area contributed by atoms with Gasteiger partial charge >= 0.3 is 0 Å². The third-order valence-electron chi connectivity index (χ3n) is 5.31. The Morgan fingerprint density at radius 1 is 1.23 bits per heavy atom. The van der Waals surface area contributed by atoms with Crippen molar-refractivity contribution in [1.82, 2.24) is 9.78 Å². The highest BCUT2D eigenvalue weighted by Crippen LogP contribution is 2.37. The lowest BCUT2D eigenvalue weighted by Crippen LogP contribution is -2.20. The monoisotopic (exact) mass is 371 g/mol. The fourth-order valence-electron chi connectivity index (χ4n) is 3.89. The number of carbonyl (C=O) groups is 1. The van der Waals surface area contributed by atoms with Crippen LogP contribution in [0.2, 0.25) is 0 Å². The molecule has 0 spiro atoms. The maximum Gasteiger partial charge on any atom is 0.258 e. The van der Waals surface area contributed by atoms with Crippen LogP contribution in [0.15, 0.2) is 24.3 Å². The zero-order valence-electron chi connectivity index (χ0n) is 15.1. The summed E-state index contributed by atoms with van der Waals surface area (Å²) in [6.45, 7) is 3.83. The van der Waals surface area contributed by atoms with Gasteiger partial charge in [0.2, 0.25) is 0 Å². The number of hydrogen-bond donors (Lipinski definition) is 0. The molecule has 7 heteroatoms. The molecule has 26 heavy (non-hydrogen) atoms.